The Labute approximate surface area is 162 Å². The molecule has 0 aromatic carbocycles. The van der Waals surface area contributed by atoms with Crippen molar-refractivity contribution in [3.05, 3.63) is 12.4 Å². The van der Waals surface area contributed by atoms with Gasteiger partial charge in [0.1, 0.15) is 18.0 Å². The molecule has 2 fully saturated rings. The summed E-state index contributed by atoms with van der Waals surface area (Å²) in [6.07, 6.45) is 4.40. The van der Waals surface area contributed by atoms with E-state index in [1.807, 2.05) is 11.0 Å². The smallest absolute Gasteiger partial charge is 0.216 e. The summed E-state index contributed by atoms with van der Waals surface area (Å²) in [4.78, 5) is 10.7. The highest BCUT2D eigenvalue weighted by Crippen LogP contribution is 2.26. The van der Waals surface area contributed by atoms with E-state index in [0.717, 1.165) is 31.1 Å². The Kier molecular flexibility index (Phi) is 6.54. The summed E-state index contributed by atoms with van der Waals surface area (Å²) in [5.74, 6) is 1.96. The fourth-order valence-electron chi connectivity index (χ4n) is 3.91. The van der Waals surface area contributed by atoms with Crippen LogP contribution in [0.15, 0.2) is 12.4 Å². The van der Waals surface area contributed by atoms with Crippen molar-refractivity contribution in [3.63, 3.8) is 0 Å². The molecule has 0 spiro atoms. The van der Waals surface area contributed by atoms with Crippen LogP contribution >= 0.6 is 0 Å². The highest BCUT2D eigenvalue weighted by atomic mass is 32.2. The number of anilines is 2. The number of rotatable bonds is 7. The van der Waals surface area contributed by atoms with Crippen molar-refractivity contribution in [3.8, 4) is 0 Å². The van der Waals surface area contributed by atoms with Gasteiger partial charge < -0.3 is 15.0 Å². The first-order chi connectivity index (χ1) is 12.9. The van der Waals surface area contributed by atoms with Crippen molar-refractivity contribution in [2.24, 2.45) is 5.92 Å². The molecule has 2 aliphatic heterocycles. The summed E-state index contributed by atoms with van der Waals surface area (Å²) < 4.78 is 33.0. The average molecular weight is 398 g/mol. The lowest BCUT2D eigenvalue weighted by Gasteiger charge is -2.35. The minimum atomic E-state index is -3.27. The Morgan fingerprint density at radius 2 is 2.15 bits per heavy atom. The highest BCUT2D eigenvalue weighted by molar-refractivity contribution is 7.90. The minimum Gasteiger partial charge on any atom is -0.376 e. The molecule has 1 aromatic heterocycles. The van der Waals surface area contributed by atoms with Crippen molar-refractivity contribution in [1.82, 2.24) is 14.7 Å². The van der Waals surface area contributed by atoms with E-state index in [1.165, 1.54) is 6.33 Å². The van der Waals surface area contributed by atoms with Gasteiger partial charge in [-0.3, -0.25) is 0 Å². The van der Waals surface area contributed by atoms with Crippen molar-refractivity contribution in [1.29, 1.82) is 0 Å². The third-order valence-corrected chi connectivity index (χ3v) is 7.22. The van der Waals surface area contributed by atoms with E-state index in [9.17, 15) is 8.42 Å². The van der Waals surface area contributed by atoms with Gasteiger partial charge in [0.2, 0.25) is 10.0 Å². The number of ether oxygens (including phenoxy) is 1. The first kappa shape index (κ1) is 20.3. The molecular weight excluding hydrogens is 366 g/mol. The SMILES string of the molecule is CCNS(=O)(=O)[C@@H]1CCN(c2cc(N[C@@H]3CCCO[C@H]3C(C)C)ncn2)C1. The molecule has 8 nitrogen and oxygen atoms in total. The van der Waals surface area contributed by atoms with Gasteiger partial charge in [-0.05, 0) is 25.2 Å². The fraction of sp³-hybridized carbons (Fsp3) is 0.778. The molecule has 3 heterocycles. The molecule has 0 saturated carbocycles. The lowest BCUT2D eigenvalue weighted by Crippen LogP contribution is -2.43. The Morgan fingerprint density at radius 1 is 1.33 bits per heavy atom. The Hall–Kier alpha value is -1.45. The number of nitrogens with zero attached hydrogens (tertiary/aromatic N) is 3. The summed E-state index contributed by atoms with van der Waals surface area (Å²) in [6, 6.07) is 2.13. The molecular formula is C18H31N5O3S. The van der Waals surface area contributed by atoms with Crippen LogP contribution in [0, 0.1) is 5.92 Å². The van der Waals surface area contributed by atoms with E-state index < -0.39 is 15.3 Å². The molecule has 0 unspecified atom stereocenters. The number of hydrogen-bond acceptors (Lipinski definition) is 7. The van der Waals surface area contributed by atoms with Crippen molar-refractivity contribution >= 4 is 21.7 Å². The molecule has 1 aromatic rings. The van der Waals surface area contributed by atoms with Crippen LogP contribution in [0.2, 0.25) is 0 Å². The summed E-state index contributed by atoms with van der Waals surface area (Å²) in [7, 11) is -3.27. The normalized spacial score (nSPS) is 26.5. The van der Waals surface area contributed by atoms with Crippen LogP contribution in [-0.4, -0.2) is 62.0 Å². The Morgan fingerprint density at radius 3 is 2.89 bits per heavy atom. The van der Waals surface area contributed by atoms with Gasteiger partial charge in [0.15, 0.2) is 0 Å². The summed E-state index contributed by atoms with van der Waals surface area (Å²) in [5.41, 5.74) is 0. The zero-order valence-electron chi connectivity index (χ0n) is 16.4. The quantitative estimate of drug-likeness (QED) is 0.721. The van der Waals surface area contributed by atoms with Gasteiger partial charge in [-0.2, -0.15) is 0 Å². The number of hydrogen-bond donors (Lipinski definition) is 2. The third-order valence-electron chi connectivity index (χ3n) is 5.26. The largest absolute Gasteiger partial charge is 0.376 e. The van der Waals surface area contributed by atoms with Gasteiger partial charge in [-0.15, -0.1) is 0 Å². The molecule has 152 valence electrons. The van der Waals surface area contributed by atoms with Gasteiger partial charge in [-0.1, -0.05) is 20.8 Å². The number of aromatic nitrogens is 2. The first-order valence-electron chi connectivity index (χ1n) is 9.84. The maximum absolute atomic E-state index is 12.2. The van der Waals surface area contributed by atoms with Crippen LogP contribution < -0.4 is 14.9 Å². The second-order valence-electron chi connectivity index (χ2n) is 7.63. The fourth-order valence-corrected chi connectivity index (χ4v) is 5.34. The third kappa shape index (κ3) is 4.89. The molecule has 27 heavy (non-hydrogen) atoms. The highest BCUT2D eigenvalue weighted by Gasteiger charge is 2.33. The zero-order valence-corrected chi connectivity index (χ0v) is 17.2. The molecule has 0 bridgehead atoms. The van der Waals surface area contributed by atoms with E-state index in [-0.39, 0.29) is 12.1 Å². The minimum absolute atomic E-state index is 0.165. The molecule has 2 aliphatic rings. The van der Waals surface area contributed by atoms with Crippen LogP contribution in [0.5, 0.6) is 0 Å². The van der Waals surface area contributed by atoms with Crippen LogP contribution in [0.4, 0.5) is 11.6 Å². The molecule has 0 amide bonds. The maximum atomic E-state index is 12.2. The van der Waals surface area contributed by atoms with E-state index >= 15 is 0 Å². The molecule has 3 atom stereocenters. The molecule has 0 radical (unpaired) electrons. The van der Waals surface area contributed by atoms with Crippen molar-refractivity contribution < 1.29 is 13.2 Å². The van der Waals surface area contributed by atoms with Gasteiger partial charge in [0, 0.05) is 32.3 Å². The van der Waals surface area contributed by atoms with E-state index in [1.54, 1.807) is 6.92 Å². The maximum Gasteiger partial charge on any atom is 0.216 e. The molecule has 9 heteroatoms. The second-order valence-corrected chi connectivity index (χ2v) is 9.68. The van der Waals surface area contributed by atoms with Gasteiger partial charge >= 0.3 is 0 Å². The van der Waals surface area contributed by atoms with Crippen molar-refractivity contribution in [2.45, 2.75) is 57.4 Å². The molecule has 2 N–H and O–H groups in total. The molecule has 3 rings (SSSR count). The summed E-state index contributed by atoms with van der Waals surface area (Å²) in [6.45, 7) is 8.49. The van der Waals surface area contributed by atoms with E-state index in [2.05, 4.69) is 33.9 Å². The van der Waals surface area contributed by atoms with E-state index in [4.69, 9.17) is 4.74 Å². The average Bonchev–Trinajstić information content (AvgIpc) is 3.13. The number of sulfonamides is 1. The molecule has 0 aliphatic carbocycles. The second kappa shape index (κ2) is 8.70. The van der Waals surface area contributed by atoms with Gasteiger partial charge in [0.05, 0.1) is 17.4 Å². The lowest BCUT2D eigenvalue weighted by atomic mass is 9.94. The standard InChI is InChI=1S/C18H31N5O3S/c1-4-21-27(24,25)14-7-8-23(11-14)17-10-16(19-12-20-17)22-15-6-5-9-26-18(15)13(2)3/h10,12-15,18,21H,4-9,11H2,1-3H3,(H,19,20,22)/t14-,15-,18+/m1/s1. The molecule has 2 saturated heterocycles. The van der Waals surface area contributed by atoms with Crippen LogP contribution in [0.1, 0.15) is 40.0 Å². The van der Waals surface area contributed by atoms with Crippen LogP contribution in [-0.2, 0) is 14.8 Å². The monoisotopic (exact) mass is 397 g/mol. The van der Waals surface area contributed by atoms with Crippen LogP contribution in [0.25, 0.3) is 0 Å². The van der Waals surface area contributed by atoms with Gasteiger partial charge in [0.25, 0.3) is 0 Å². The first-order valence-corrected chi connectivity index (χ1v) is 11.4. The van der Waals surface area contributed by atoms with E-state index in [0.29, 0.717) is 32.0 Å². The Balaban J connectivity index is 1.67. The van der Waals surface area contributed by atoms with Crippen molar-refractivity contribution in [2.75, 3.05) is 36.5 Å². The van der Waals surface area contributed by atoms with Gasteiger partial charge in [-0.25, -0.2) is 23.1 Å². The topological polar surface area (TPSA) is 96.5 Å². The summed E-state index contributed by atoms with van der Waals surface area (Å²) in [5, 5.41) is 3.10. The Bertz CT molecular complexity index is 727. The predicted octanol–water partition coefficient (Wildman–Crippen LogP) is 1.61. The lowest BCUT2D eigenvalue weighted by molar-refractivity contribution is -0.0203. The predicted molar refractivity (Wildman–Crippen MR) is 106 cm³/mol. The summed E-state index contributed by atoms with van der Waals surface area (Å²) >= 11 is 0. The number of nitrogens with one attached hydrogen (secondary N) is 2. The zero-order chi connectivity index (χ0) is 19.4. The van der Waals surface area contributed by atoms with Crippen LogP contribution in [0.3, 0.4) is 0 Å².